The highest BCUT2D eigenvalue weighted by Crippen LogP contribution is 2.33. The van der Waals surface area contributed by atoms with Gasteiger partial charge in [0.2, 0.25) is 0 Å². The Morgan fingerprint density at radius 2 is 1.36 bits per heavy atom. The molecule has 2 heterocycles. The van der Waals surface area contributed by atoms with Gasteiger partial charge in [0.25, 0.3) is 0 Å². The van der Waals surface area contributed by atoms with E-state index in [0.717, 1.165) is 54.5 Å². The van der Waals surface area contributed by atoms with Crippen molar-refractivity contribution in [2.45, 2.75) is 30.1 Å². The fourth-order valence-corrected chi connectivity index (χ4v) is 3.46. The number of allylic oxidation sites excluding steroid dienone is 4. The molecule has 3 rings (SSSR count). The van der Waals surface area contributed by atoms with Crippen LogP contribution in [0.15, 0.2) is 82.0 Å². The molecule has 0 N–H and O–H groups in total. The summed E-state index contributed by atoms with van der Waals surface area (Å²) in [5.41, 5.74) is 6.43. The number of hydrogen-bond donors (Lipinski definition) is 3. The fraction of sp³-hybridized carbons (Fsp3) is 0.130. The Balaban J connectivity index is 2.22. The Labute approximate surface area is 183 Å². The van der Waals surface area contributed by atoms with E-state index in [4.69, 9.17) is 0 Å². The Morgan fingerprint density at radius 1 is 0.821 bits per heavy atom. The predicted octanol–water partition coefficient (Wildman–Crippen LogP) is 7.02. The van der Waals surface area contributed by atoms with Crippen molar-refractivity contribution in [1.82, 2.24) is 9.97 Å². The van der Waals surface area contributed by atoms with E-state index < -0.39 is 0 Å². The van der Waals surface area contributed by atoms with E-state index in [-0.39, 0.29) is 0 Å². The molecular formula is C23H22N2S3. The van der Waals surface area contributed by atoms with Crippen LogP contribution in [0.5, 0.6) is 0 Å². The number of aromatic nitrogens is 2. The summed E-state index contributed by atoms with van der Waals surface area (Å²) in [4.78, 5) is 11.3. The second kappa shape index (κ2) is 9.50. The van der Waals surface area contributed by atoms with Crippen LogP contribution in [0.25, 0.3) is 27.8 Å². The van der Waals surface area contributed by atoms with Crippen molar-refractivity contribution in [1.29, 1.82) is 0 Å². The predicted molar refractivity (Wildman–Crippen MR) is 128 cm³/mol. The molecule has 0 fully saturated rings. The first-order valence-corrected chi connectivity index (χ1v) is 10.3. The third-order valence-electron chi connectivity index (χ3n) is 4.38. The quantitative estimate of drug-likeness (QED) is 0.304. The van der Waals surface area contributed by atoms with Crippen molar-refractivity contribution >= 4 is 43.5 Å². The molecule has 0 aliphatic heterocycles. The average Bonchev–Trinajstić information content (AvgIpc) is 2.71. The van der Waals surface area contributed by atoms with E-state index >= 15 is 0 Å². The molecule has 0 bridgehead atoms. The molecule has 142 valence electrons. The lowest BCUT2D eigenvalue weighted by atomic mass is 9.94. The summed E-state index contributed by atoms with van der Waals surface area (Å²) in [6, 6.07) is 10.5. The van der Waals surface area contributed by atoms with Crippen LogP contribution in [-0.2, 0) is 0 Å². The standard InChI is InChI=1S/C23H22N2S3/c1-3-15(8-21(26)4-2)16-5-17(19-9-22(27)13-24-11-19)7-18(6-16)20-10-23(28)14-25-12-20/h3,5-14,26-28H,4H2,1-2H3/b15-3+,21-8+. The highest BCUT2D eigenvalue weighted by molar-refractivity contribution is 7.84. The maximum absolute atomic E-state index is 4.57. The molecule has 28 heavy (non-hydrogen) atoms. The zero-order valence-corrected chi connectivity index (χ0v) is 18.5. The summed E-state index contributed by atoms with van der Waals surface area (Å²) < 4.78 is 0. The van der Waals surface area contributed by atoms with Gasteiger partial charge >= 0.3 is 0 Å². The van der Waals surface area contributed by atoms with Crippen molar-refractivity contribution in [2.75, 3.05) is 0 Å². The minimum Gasteiger partial charge on any atom is -0.263 e. The van der Waals surface area contributed by atoms with E-state index in [1.54, 1.807) is 12.4 Å². The van der Waals surface area contributed by atoms with Gasteiger partial charge in [0, 0.05) is 45.7 Å². The molecule has 0 aliphatic carbocycles. The van der Waals surface area contributed by atoms with Crippen LogP contribution in [0, 0.1) is 0 Å². The smallest absolute Gasteiger partial charge is 0.0401 e. The second-order valence-electron chi connectivity index (χ2n) is 6.40. The SMILES string of the molecule is C/C=C(\C=C(\S)CC)c1cc(-c2cncc(S)c2)cc(-c2cncc(S)c2)c1. The molecule has 0 radical (unpaired) electrons. The molecule has 2 aromatic heterocycles. The number of pyridine rings is 2. The van der Waals surface area contributed by atoms with Gasteiger partial charge in [-0.15, -0.1) is 37.9 Å². The van der Waals surface area contributed by atoms with Gasteiger partial charge in [0.05, 0.1) is 0 Å². The average molecular weight is 423 g/mol. The largest absolute Gasteiger partial charge is 0.263 e. The number of rotatable bonds is 5. The lowest BCUT2D eigenvalue weighted by Crippen LogP contribution is -1.90. The molecule has 2 nitrogen and oxygen atoms in total. The van der Waals surface area contributed by atoms with Crippen LogP contribution in [0.2, 0.25) is 0 Å². The molecule has 0 saturated heterocycles. The summed E-state index contributed by atoms with van der Waals surface area (Å²) in [6.07, 6.45) is 12.3. The van der Waals surface area contributed by atoms with Gasteiger partial charge in [-0.25, -0.2) is 0 Å². The first-order chi connectivity index (χ1) is 13.5. The normalized spacial score (nSPS) is 12.3. The van der Waals surface area contributed by atoms with Crippen molar-refractivity contribution < 1.29 is 0 Å². The van der Waals surface area contributed by atoms with E-state index in [0.29, 0.717) is 0 Å². The minimum absolute atomic E-state index is 0.832. The Kier molecular flexibility index (Phi) is 7.05. The lowest BCUT2D eigenvalue weighted by Gasteiger charge is -2.12. The lowest BCUT2D eigenvalue weighted by molar-refractivity contribution is 1.20. The van der Waals surface area contributed by atoms with Gasteiger partial charge in [0.1, 0.15) is 0 Å². The van der Waals surface area contributed by atoms with Gasteiger partial charge in [-0.1, -0.05) is 13.0 Å². The molecule has 0 amide bonds. The van der Waals surface area contributed by atoms with Gasteiger partial charge in [-0.05, 0) is 76.9 Å². The molecule has 0 unspecified atom stereocenters. The van der Waals surface area contributed by atoms with Crippen molar-refractivity contribution in [3.63, 3.8) is 0 Å². The maximum atomic E-state index is 4.57. The van der Waals surface area contributed by atoms with E-state index in [2.05, 4.69) is 85.1 Å². The first-order valence-electron chi connectivity index (χ1n) is 9.00. The zero-order valence-electron chi connectivity index (χ0n) is 15.8. The van der Waals surface area contributed by atoms with E-state index in [9.17, 15) is 0 Å². The highest BCUT2D eigenvalue weighted by Gasteiger charge is 2.09. The van der Waals surface area contributed by atoms with Gasteiger partial charge < -0.3 is 0 Å². The number of benzene rings is 1. The van der Waals surface area contributed by atoms with Crippen LogP contribution < -0.4 is 0 Å². The molecule has 1 aromatic carbocycles. The molecule has 0 atom stereocenters. The molecule has 5 heteroatoms. The monoisotopic (exact) mass is 422 g/mol. The number of nitrogens with zero attached hydrogens (tertiary/aromatic N) is 2. The third kappa shape index (κ3) is 5.10. The number of thiol groups is 3. The van der Waals surface area contributed by atoms with Crippen LogP contribution in [0.3, 0.4) is 0 Å². The fourth-order valence-electron chi connectivity index (χ4n) is 2.91. The second-order valence-corrected chi connectivity index (χ2v) is 8.00. The van der Waals surface area contributed by atoms with Gasteiger partial charge in [-0.3, -0.25) is 9.97 Å². The molecule has 0 aliphatic rings. The Hall–Kier alpha value is -1.95. The summed E-state index contributed by atoms with van der Waals surface area (Å²) in [6.45, 7) is 4.14. The van der Waals surface area contributed by atoms with Crippen LogP contribution in [-0.4, -0.2) is 9.97 Å². The molecule has 0 spiro atoms. The molecular weight excluding hydrogens is 400 g/mol. The summed E-state index contributed by atoms with van der Waals surface area (Å²) >= 11 is 13.5. The Bertz CT molecular complexity index is 991. The van der Waals surface area contributed by atoms with Gasteiger partial charge in [-0.2, -0.15) is 0 Å². The van der Waals surface area contributed by atoms with E-state index in [1.165, 1.54) is 0 Å². The number of hydrogen-bond acceptors (Lipinski definition) is 5. The van der Waals surface area contributed by atoms with Crippen molar-refractivity contribution in [3.05, 3.63) is 77.7 Å². The van der Waals surface area contributed by atoms with Crippen molar-refractivity contribution in [2.24, 2.45) is 0 Å². The van der Waals surface area contributed by atoms with Gasteiger partial charge in [0.15, 0.2) is 0 Å². The Morgan fingerprint density at radius 3 is 1.79 bits per heavy atom. The first kappa shape index (κ1) is 20.8. The summed E-state index contributed by atoms with van der Waals surface area (Å²) in [5.74, 6) is 0. The topological polar surface area (TPSA) is 25.8 Å². The maximum Gasteiger partial charge on any atom is 0.0401 e. The summed E-state index contributed by atoms with van der Waals surface area (Å²) in [5, 5.41) is 0. The molecule has 0 saturated carbocycles. The third-order valence-corrected chi connectivity index (χ3v) is 5.31. The summed E-state index contributed by atoms with van der Waals surface area (Å²) in [7, 11) is 0. The highest BCUT2D eigenvalue weighted by atomic mass is 32.1. The van der Waals surface area contributed by atoms with Crippen LogP contribution >= 0.6 is 37.9 Å². The minimum atomic E-state index is 0.832. The molecule has 3 aromatic rings. The van der Waals surface area contributed by atoms with Crippen molar-refractivity contribution in [3.8, 4) is 22.3 Å². The zero-order chi connectivity index (χ0) is 20.1. The van der Waals surface area contributed by atoms with Crippen LogP contribution in [0.1, 0.15) is 25.8 Å². The van der Waals surface area contributed by atoms with E-state index in [1.807, 2.05) is 31.5 Å². The van der Waals surface area contributed by atoms with Crippen LogP contribution in [0.4, 0.5) is 0 Å².